The van der Waals surface area contributed by atoms with Crippen molar-refractivity contribution < 1.29 is 16.8 Å². The summed E-state index contributed by atoms with van der Waals surface area (Å²) in [5.41, 5.74) is 2.41. The Bertz CT molecular complexity index is 911. The average Bonchev–Trinajstić information content (AvgIpc) is 2.81. The molecule has 23 heavy (non-hydrogen) atoms. The van der Waals surface area contributed by atoms with Gasteiger partial charge in [-0.1, -0.05) is 12.1 Å². The SMILES string of the molecule is Cc1c(-c2ccc(NS(=O)(=O)C(C)C)cc2)ccn1S(N)(=O)=O. The van der Waals surface area contributed by atoms with Gasteiger partial charge in [0.25, 0.3) is 0 Å². The van der Waals surface area contributed by atoms with Gasteiger partial charge in [-0.05, 0) is 44.5 Å². The summed E-state index contributed by atoms with van der Waals surface area (Å²) in [6.45, 7) is 4.83. The van der Waals surface area contributed by atoms with Gasteiger partial charge in [-0.25, -0.2) is 17.5 Å². The normalized spacial score (nSPS) is 12.6. The van der Waals surface area contributed by atoms with Crippen LogP contribution in [0.4, 0.5) is 5.69 Å². The Hall–Kier alpha value is -1.84. The van der Waals surface area contributed by atoms with E-state index in [0.717, 1.165) is 9.54 Å². The molecule has 0 fully saturated rings. The van der Waals surface area contributed by atoms with Gasteiger partial charge in [0.15, 0.2) is 0 Å². The first kappa shape index (κ1) is 17.5. The number of sulfonamides is 1. The van der Waals surface area contributed by atoms with Crippen molar-refractivity contribution in [2.75, 3.05) is 4.72 Å². The van der Waals surface area contributed by atoms with E-state index in [2.05, 4.69) is 4.72 Å². The summed E-state index contributed by atoms with van der Waals surface area (Å²) in [6.07, 6.45) is 1.38. The number of anilines is 1. The Kier molecular flexibility index (Phi) is 4.56. The van der Waals surface area contributed by atoms with Gasteiger partial charge in [0.05, 0.1) is 5.25 Å². The summed E-state index contributed by atoms with van der Waals surface area (Å²) < 4.78 is 50.0. The molecule has 126 valence electrons. The maximum atomic E-state index is 11.8. The van der Waals surface area contributed by atoms with Gasteiger partial charge in [0.1, 0.15) is 0 Å². The van der Waals surface area contributed by atoms with Crippen LogP contribution in [0.3, 0.4) is 0 Å². The van der Waals surface area contributed by atoms with Gasteiger partial charge >= 0.3 is 10.2 Å². The summed E-state index contributed by atoms with van der Waals surface area (Å²) in [5, 5.41) is 4.60. The predicted molar refractivity (Wildman–Crippen MR) is 90.8 cm³/mol. The lowest BCUT2D eigenvalue weighted by molar-refractivity contribution is 0.587. The van der Waals surface area contributed by atoms with Crippen LogP contribution in [0.1, 0.15) is 19.5 Å². The molecule has 1 aromatic heterocycles. The molecule has 0 radical (unpaired) electrons. The summed E-state index contributed by atoms with van der Waals surface area (Å²) in [4.78, 5) is 0. The fraction of sp³-hybridized carbons (Fsp3) is 0.286. The zero-order valence-corrected chi connectivity index (χ0v) is 14.6. The van der Waals surface area contributed by atoms with Crippen LogP contribution in [0.2, 0.25) is 0 Å². The van der Waals surface area contributed by atoms with Crippen molar-refractivity contribution in [1.82, 2.24) is 3.97 Å². The van der Waals surface area contributed by atoms with Gasteiger partial charge in [0.2, 0.25) is 10.0 Å². The van der Waals surface area contributed by atoms with Crippen molar-refractivity contribution in [2.45, 2.75) is 26.0 Å². The molecule has 9 heteroatoms. The molecule has 0 saturated heterocycles. The molecule has 2 aromatic rings. The fourth-order valence-electron chi connectivity index (χ4n) is 2.07. The topological polar surface area (TPSA) is 111 Å². The Morgan fingerprint density at radius 3 is 2.04 bits per heavy atom. The molecule has 1 heterocycles. The number of hydrogen-bond acceptors (Lipinski definition) is 4. The van der Waals surface area contributed by atoms with Crippen LogP contribution in [0, 0.1) is 6.92 Å². The summed E-state index contributed by atoms with van der Waals surface area (Å²) in [6, 6.07) is 8.33. The highest BCUT2D eigenvalue weighted by atomic mass is 32.2. The van der Waals surface area contributed by atoms with E-state index in [0.29, 0.717) is 16.9 Å². The molecular formula is C14H19N3O4S2. The zero-order valence-electron chi connectivity index (χ0n) is 13.0. The molecule has 0 aliphatic carbocycles. The van der Waals surface area contributed by atoms with Gasteiger partial charge < -0.3 is 0 Å². The fourth-order valence-corrected chi connectivity index (χ4v) is 3.48. The zero-order chi connectivity index (χ0) is 17.4. The monoisotopic (exact) mass is 357 g/mol. The highest BCUT2D eigenvalue weighted by Crippen LogP contribution is 2.26. The van der Waals surface area contributed by atoms with Crippen molar-refractivity contribution in [3.8, 4) is 11.1 Å². The first-order valence-electron chi connectivity index (χ1n) is 6.85. The standard InChI is InChI=1S/C14H19N3O4S2/c1-10(2)22(18,19)16-13-6-4-12(5-7-13)14-8-9-17(11(14)3)23(15,20)21/h4-10,16H,1-3H3,(H2,15,20,21). The number of nitrogens with zero attached hydrogens (tertiary/aromatic N) is 1. The van der Waals surface area contributed by atoms with E-state index < -0.39 is 25.5 Å². The Balaban J connectivity index is 2.33. The van der Waals surface area contributed by atoms with Crippen molar-refractivity contribution in [3.63, 3.8) is 0 Å². The van der Waals surface area contributed by atoms with Crippen molar-refractivity contribution >= 4 is 25.9 Å². The van der Waals surface area contributed by atoms with Crippen molar-refractivity contribution in [2.24, 2.45) is 5.14 Å². The number of nitrogens with one attached hydrogen (secondary N) is 1. The second kappa shape index (κ2) is 5.99. The minimum atomic E-state index is -3.84. The summed E-state index contributed by atoms with van der Waals surface area (Å²) >= 11 is 0. The Morgan fingerprint density at radius 2 is 1.61 bits per heavy atom. The van der Waals surface area contributed by atoms with E-state index in [1.807, 2.05) is 0 Å². The molecular weight excluding hydrogens is 338 g/mol. The molecule has 0 aliphatic heterocycles. The number of benzene rings is 1. The van der Waals surface area contributed by atoms with Gasteiger partial charge in [-0.3, -0.25) is 4.72 Å². The van der Waals surface area contributed by atoms with Gasteiger partial charge in [-0.2, -0.15) is 8.42 Å². The largest absolute Gasteiger partial charge is 0.302 e. The highest BCUT2D eigenvalue weighted by Gasteiger charge is 2.16. The maximum Gasteiger partial charge on any atom is 0.302 e. The summed E-state index contributed by atoms with van der Waals surface area (Å²) in [7, 11) is -7.24. The Morgan fingerprint density at radius 1 is 1.04 bits per heavy atom. The van der Waals surface area contributed by atoms with Gasteiger partial charge in [-0.15, -0.1) is 0 Å². The van der Waals surface area contributed by atoms with E-state index in [9.17, 15) is 16.8 Å². The molecule has 3 N–H and O–H groups in total. The lowest BCUT2D eigenvalue weighted by Gasteiger charge is -2.11. The first-order chi connectivity index (χ1) is 10.5. The van der Waals surface area contributed by atoms with Crippen LogP contribution in [0.15, 0.2) is 36.5 Å². The van der Waals surface area contributed by atoms with Crippen molar-refractivity contribution in [3.05, 3.63) is 42.2 Å². The molecule has 2 rings (SSSR count). The third-order valence-electron chi connectivity index (χ3n) is 3.45. The molecule has 0 bridgehead atoms. The third-order valence-corrected chi connectivity index (χ3v) is 6.15. The molecule has 0 aliphatic rings. The van der Waals surface area contributed by atoms with E-state index in [1.54, 1.807) is 51.1 Å². The highest BCUT2D eigenvalue weighted by molar-refractivity contribution is 7.93. The van der Waals surface area contributed by atoms with E-state index in [-0.39, 0.29) is 0 Å². The quantitative estimate of drug-likeness (QED) is 0.847. The molecule has 0 spiro atoms. The minimum Gasteiger partial charge on any atom is -0.283 e. The molecule has 0 saturated carbocycles. The molecule has 0 unspecified atom stereocenters. The van der Waals surface area contributed by atoms with Crippen LogP contribution in [0.25, 0.3) is 11.1 Å². The number of nitrogens with two attached hydrogens (primary N) is 1. The second-order valence-electron chi connectivity index (χ2n) is 5.43. The minimum absolute atomic E-state index is 0.450. The predicted octanol–water partition coefficient (Wildman–Crippen LogP) is 1.67. The van der Waals surface area contributed by atoms with Crippen LogP contribution in [-0.4, -0.2) is 26.1 Å². The summed E-state index contributed by atoms with van der Waals surface area (Å²) in [5.74, 6) is 0. The molecule has 0 amide bonds. The van der Waals surface area contributed by atoms with E-state index >= 15 is 0 Å². The Labute approximate surface area is 136 Å². The van der Waals surface area contributed by atoms with Crippen LogP contribution < -0.4 is 9.86 Å². The maximum absolute atomic E-state index is 11.8. The molecule has 7 nitrogen and oxygen atoms in total. The second-order valence-corrected chi connectivity index (χ2v) is 9.09. The van der Waals surface area contributed by atoms with Crippen LogP contribution >= 0.6 is 0 Å². The third kappa shape index (κ3) is 3.74. The molecule has 1 aromatic carbocycles. The van der Waals surface area contributed by atoms with Crippen LogP contribution in [-0.2, 0) is 20.2 Å². The van der Waals surface area contributed by atoms with E-state index in [4.69, 9.17) is 5.14 Å². The smallest absolute Gasteiger partial charge is 0.283 e. The lowest BCUT2D eigenvalue weighted by Crippen LogP contribution is -2.22. The van der Waals surface area contributed by atoms with E-state index in [1.165, 1.54) is 6.20 Å². The average molecular weight is 357 g/mol. The lowest BCUT2D eigenvalue weighted by atomic mass is 10.1. The molecule has 0 atom stereocenters. The van der Waals surface area contributed by atoms with Crippen molar-refractivity contribution in [1.29, 1.82) is 0 Å². The number of aromatic nitrogens is 1. The number of hydrogen-bond donors (Lipinski definition) is 2. The van der Waals surface area contributed by atoms with Gasteiger partial charge in [0, 0.05) is 23.1 Å². The van der Waals surface area contributed by atoms with Crippen LogP contribution in [0.5, 0.6) is 0 Å². The number of rotatable bonds is 5. The first-order valence-corrected chi connectivity index (χ1v) is 9.90.